The van der Waals surface area contributed by atoms with Crippen molar-refractivity contribution >= 4 is 51.9 Å². The number of hydrogen-bond acceptors (Lipinski definition) is 5. The number of carbonyl (C=O) groups excluding carboxylic acids is 2. The molecule has 0 saturated heterocycles. The second-order valence-electron chi connectivity index (χ2n) is 8.69. The van der Waals surface area contributed by atoms with Gasteiger partial charge < -0.3 is 15.6 Å². The highest BCUT2D eigenvalue weighted by molar-refractivity contribution is 7.73. The van der Waals surface area contributed by atoms with Crippen LogP contribution in [0.2, 0.25) is 0 Å². The first-order valence-corrected chi connectivity index (χ1v) is 12.5. The smallest absolute Gasteiger partial charge is 0.265 e. The molecule has 1 saturated carbocycles. The summed E-state index contributed by atoms with van der Waals surface area (Å²) in [7, 11) is 0. The number of thiazole rings is 1. The van der Waals surface area contributed by atoms with Gasteiger partial charge in [0.2, 0.25) is 0 Å². The van der Waals surface area contributed by atoms with E-state index in [0.717, 1.165) is 48.1 Å². The van der Waals surface area contributed by atoms with Gasteiger partial charge in [-0.2, -0.15) is 0 Å². The molecule has 4 aromatic rings. The molecular formula is C25H24N4O3S2. The fourth-order valence-corrected chi connectivity index (χ4v) is 5.68. The van der Waals surface area contributed by atoms with Gasteiger partial charge in [0.15, 0.2) is 3.95 Å². The lowest BCUT2D eigenvalue weighted by Crippen LogP contribution is -2.32. The van der Waals surface area contributed by atoms with E-state index in [1.807, 2.05) is 31.2 Å². The Morgan fingerprint density at radius 1 is 1.12 bits per heavy atom. The highest BCUT2D eigenvalue weighted by atomic mass is 32.1. The molecule has 2 amide bonds. The zero-order valence-corrected chi connectivity index (χ0v) is 20.3. The second kappa shape index (κ2) is 9.15. The third-order valence-electron chi connectivity index (χ3n) is 6.26. The van der Waals surface area contributed by atoms with Crippen LogP contribution in [0.15, 0.2) is 47.3 Å². The van der Waals surface area contributed by atoms with Gasteiger partial charge in [0.1, 0.15) is 10.5 Å². The van der Waals surface area contributed by atoms with E-state index in [0.29, 0.717) is 37.5 Å². The van der Waals surface area contributed by atoms with E-state index < -0.39 is 0 Å². The van der Waals surface area contributed by atoms with E-state index in [1.165, 1.54) is 0 Å². The van der Waals surface area contributed by atoms with Gasteiger partial charge in [-0.3, -0.25) is 18.8 Å². The average molecular weight is 493 g/mol. The summed E-state index contributed by atoms with van der Waals surface area (Å²) in [6.07, 6.45) is 4.13. The number of aromatic nitrogens is 2. The molecule has 7 nitrogen and oxygen atoms in total. The maximum absolute atomic E-state index is 12.9. The van der Waals surface area contributed by atoms with Crippen molar-refractivity contribution in [2.45, 2.75) is 45.2 Å². The molecule has 2 aromatic heterocycles. The number of aryl methyl sites for hydroxylation is 1. The first kappa shape index (κ1) is 22.5. The number of fused-ring (bicyclic) bond motifs is 3. The van der Waals surface area contributed by atoms with Gasteiger partial charge in [-0.1, -0.05) is 54.0 Å². The predicted octanol–water partition coefficient (Wildman–Crippen LogP) is 4.48. The molecule has 0 spiro atoms. The molecule has 0 atom stereocenters. The molecule has 174 valence electrons. The highest BCUT2D eigenvalue weighted by Crippen LogP contribution is 2.25. The van der Waals surface area contributed by atoms with Gasteiger partial charge in [0.05, 0.1) is 10.9 Å². The van der Waals surface area contributed by atoms with E-state index in [2.05, 4.69) is 15.6 Å². The Balaban J connectivity index is 1.49. The monoisotopic (exact) mass is 492 g/mol. The number of hydrogen-bond donors (Lipinski definition) is 3. The molecule has 2 aromatic carbocycles. The van der Waals surface area contributed by atoms with Crippen molar-refractivity contribution in [1.29, 1.82) is 0 Å². The normalized spacial score (nSPS) is 14.0. The van der Waals surface area contributed by atoms with Crippen molar-refractivity contribution in [3.63, 3.8) is 0 Å². The zero-order valence-electron chi connectivity index (χ0n) is 18.6. The standard InChI is InChI=1S/C25H24N4O3S2/c1-14-6-8-15(9-7-14)13-26-22(30)16-10-11-18-19(12-16)29-21(28-23(18)31)20(34-25(29)33)24(32)27-17-4-2-3-5-17/h6-12,17H,2-5,13H2,1H3,(H,26,30)(H,27,32)(H,28,31). The van der Waals surface area contributed by atoms with Crippen LogP contribution in [0, 0.1) is 10.9 Å². The molecule has 1 aliphatic carbocycles. The summed E-state index contributed by atoms with van der Waals surface area (Å²) < 4.78 is 2.11. The van der Waals surface area contributed by atoms with Gasteiger partial charge in [-0.15, -0.1) is 0 Å². The maximum Gasteiger partial charge on any atom is 0.265 e. The predicted molar refractivity (Wildman–Crippen MR) is 136 cm³/mol. The van der Waals surface area contributed by atoms with Gasteiger partial charge in [0.25, 0.3) is 17.4 Å². The number of amides is 2. The molecular weight excluding hydrogens is 468 g/mol. The van der Waals surface area contributed by atoms with Gasteiger partial charge >= 0.3 is 0 Å². The molecule has 1 fully saturated rings. The third kappa shape index (κ3) is 4.28. The van der Waals surface area contributed by atoms with Crippen molar-refractivity contribution in [3.8, 4) is 0 Å². The Labute approximate surface area is 204 Å². The minimum absolute atomic E-state index is 0.152. The van der Waals surface area contributed by atoms with Crippen LogP contribution < -0.4 is 16.2 Å². The van der Waals surface area contributed by atoms with Crippen LogP contribution in [0.4, 0.5) is 0 Å². The summed E-state index contributed by atoms with van der Waals surface area (Å²) in [6.45, 7) is 2.41. The molecule has 2 heterocycles. The number of nitrogens with zero attached hydrogens (tertiary/aromatic N) is 1. The van der Waals surface area contributed by atoms with Crippen molar-refractivity contribution in [2.75, 3.05) is 0 Å². The number of carbonyl (C=O) groups is 2. The number of aromatic amines is 1. The summed E-state index contributed by atoms with van der Waals surface area (Å²) in [6, 6.07) is 13.0. The zero-order chi connectivity index (χ0) is 23.8. The Bertz CT molecular complexity index is 1530. The molecule has 0 bridgehead atoms. The van der Waals surface area contributed by atoms with E-state index in [9.17, 15) is 14.4 Å². The topological polar surface area (TPSA) is 95.5 Å². The average Bonchev–Trinajstić information content (AvgIpc) is 3.46. The highest BCUT2D eigenvalue weighted by Gasteiger charge is 2.23. The van der Waals surface area contributed by atoms with E-state index in [4.69, 9.17) is 12.2 Å². The first-order valence-electron chi connectivity index (χ1n) is 11.3. The second-order valence-corrected chi connectivity index (χ2v) is 10.3. The van der Waals surface area contributed by atoms with E-state index >= 15 is 0 Å². The molecule has 0 unspecified atom stereocenters. The Kier molecular flexibility index (Phi) is 6.05. The molecule has 1 aliphatic rings. The first-order chi connectivity index (χ1) is 16.4. The minimum atomic E-state index is -0.329. The fourth-order valence-electron chi connectivity index (χ4n) is 4.40. The van der Waals surface area contributed by atoms with Crippen LogP contribution in [0.3, 0.4) is 0 Å². The SMILES string of the molecule is Cc1ccc(CNC(=O)c2ccc3c(=O)[nH]c4c(C(=O)NC5CCCC5)sc(=S)n4c3c2)cc1. The van der Waals surface area contributed by atoms with Crippen LogP contribution in [0.1, 0.15) is 56.8 Å². The summed E-state index contributed by atoms with van der Waals surface area (Å²) in [5.74, 6) is -0.482. The number of benzene rings is 2. The van der Waals surface area contributed by atoms with Crippen LogP contribution >= 0.6 is 23.6 Å². The largest absolute Gasteiger partial charge is 0.348 e. The number of nitrogens with one attached hydrogen (secondary N) is 3. The quantitative estimate of drug-likeness (QED) is 0.358. The molecule has 0 aliphatic heterocycles. The Morgan fingerprint density at radius 2 is 1.85 bits per heavy atom. The lowest BCUT2D eigenvalue weighted by atomic mass is 10.1. The van der Waals surface area contributed by atoms with Crippen molar-refractivity contribution in [3.05, 3.63) is 78.3 Å². The number of H-pyrrole nitrogens is 1. The van der Waals surface area contributed by atoms with Crippen LogP contribution in [0.25, 0.3) is 16.6 Å². The van der Waals surface area contributed by atoms with Gasteiger partial charge in [0, 0.05) is 18.2 Å². The minimum Gasteiger partial charge on any atom is -0.348 e. The van der Waals surface area contributed by atoms with Crippen molar-refractivity contribution in [2.24, 2.45) is 0 Å². The van der Waals surface area contributed by atoms with Gasteiger partial charge in [-0.05, 0) is 55.7 Å². The summed E-state index contributed by atoms with van der Waals surface area (Å²) in [5, 5.41) is 6.38. The molecule has 0 radical (unpaired) electrons. The Hall–Kier alpha value is -3.30. The molecule has 9 heteroatoms. The van der Waals surface area contributed by atoms with Crippen molar-refractivity contribution < 1.29 is 9.59 Å². The summed E-state index contributed by atoms with van der Waals surface area (Å²) in [4.78, 5) is 41.8. The van der Waals surface area contributed by atoms with E-state index in [1.54, 1.807) is 22.6 Å². The summed E-state index contributed by atoms with van der Waals surface area (Å²) in [5.41, 5.74) is 3.10. The lowest BCUT2D eigenvalue weighted by Gasteiger charge is -2.11. The molecule has 5 rings (SSSR count). The van der Waals surface area contributed by atoms with Crippen LogP contribution in [0.5, 0.6) is 0 Å². The lowest BCUT2D eigenvalue weighted by molar-refractivity contribution is 0.0937. The van der Waals surface area contributed by atoms with Crippen LogP contribution in [-0.4, -0.2) is 27.2 Å². The molecule has 34 heavy (non-hydrogen) atoms. The summed E-state index contributed by atoms with van der Waals surface area (Å²) >= 11 is 6.72. The van der Waals surface area contributed by atoms with Gasteiger partial charge in [-0.25, -0.2) is 0 Å². The van der Waals surface area contributed by atoms with E-state index in [-0.39, 0.29) is 23.4 Å². The third-order valence-corrected chi connectivity index (χ3v) is 7.63. The van der Waals surface area contributed by atoms with Crippen LogP contribution in [-0.2, 0) is 6.54 Å². The number of rotatable bonds is 5. The Morgan fingerprint density at radius 3 is 2.59 bits per heavy atom. The van der Waals surface area contributed by atoms with Crippen molar-refractivity contribution in [1.82, 2.24) is 20.0 Å². The fraction of sp³-hybridized carbons (Fsp3) is 0.280. The molecule has 3 N–H and O–H groups in total. The maximum atomic E-state index is 12.9.